The molecule has 2 rings (SSSR count). The normalized spacial score (nSPS) is 9.78. The first kappa shape index (κ1) is 12.1. The minimum Gasteiger partial charge on any atom is -0.289 e. The second kappa shape index (κ2) is 5.29. The van der Waals surface area contributed by atoms with Crippen molar-refractivity contribution in [2.24, 2.45) is 0 Å². The molecular weight excluding hydrogens is 222 g/mol. The van der Waals surface area contributed by atoms with Crippen LogP contribution in [0, 0.1) is 11.3 Å². The van der Waals surface area contributed by atoms with Crippen LogP contribution in [0.2, 0.25) is 0 Å². The van der Waals surface area contributed by atoms with Crippen LogP contribution in [0.15, 0.2) is 48.5 Å². The molecule has 0 aliphatic heterocycles. The summed E-state index contributed by atoms with van der Waals surface area (Å²) in [6.07, 6.45) is 0.832. The lowest BCUT2D eigenvalue weighted by atomic mass is 9.96. The predicted molar refractivity (Wildman–Crippen MR) is 70.4 cm³/mol. The fraction of sp³-hybridized carbons (Fsp3) is 0.125. The molecule has 2 nitrogen and oxygen atoms in total. The van der Waals surface area contributed by atoms with E-state index in [1.807, 2.05) is 37.3 Å². The summed E-state index contributed by atoms with van der Waals surface area (Å²) in [5, 5.41) is 8.73. The van der Waals surface area contributed by atoms with E-state index in [1.54, 1.807) is 24.3 Å². The van der Waals surface area contributed by atoms with Gasteiger partial charge in [-0.1, -0.05) is 31.2 Å². The molecule has 2 heteroatoms. The molecule has 2 aromatic rings. The minimum atomic E-state index is 0.0111. The van der Waals surface area contributed by atoms with E-state index in [-0.39, 0.29) is 5.78 Å². The number of rotatable bonds is 3. The Morgan fingerprint density at radius 2 is 1.78 bits per heavy atom. The monoisotopic (exact) mass is 235 g/mol. The van der Waals surface area contributed by atoms with E-state index in [0.717, 1.165) is 17.5 Å². The fourth-order valence-electron chi connectivity index (χ4n) is 1.90. The summed E-state index contributed by atoms with van der Waals surface area (Å²) >= 11 is 0. The predicted octanol–water partition coefficient (Wildman–Crippen LogP) is 3.35. The topological polar surface area (TPSA) is 40.9 Å². The number of hydrogen-bond acceptors (Lipinski definition) is 2. The molecule has 2 aromatic carbocycles. The molecule has 18 heavy (non-hydrogen) atoms. The number of benzene rings is 2. The number of carbonyl (C=O) groups excluding carboxylic acids is 1. The zero-order chi connectivity index (χ0) is 13.0. The van der Waals surface area contributed by atoms with Gasteiger partial charge in [-0.3, -0.25) is 4.79 Å². The molecule has 0 amide bonds. The number of ketones is 1. The van der Waals surface area contributed by atoms with Gasteiger partial charge in [0, 0.05) is 11.1 Å². The molecule has 88 valence electrons. The Labute approximate surface area is 107 Å². The van der Waals surface area contributed by atoms with Gasteiger partial charge in [0.15, 0.2) is 5.78 Å². The lowest BCUT2D eigenvalue weighted by Gasteiger charge is -2.06. The van der Waals surface area contributed by atoms with Gasteiger partial charge in [0.05, 0.1) is 11.6 Å². The van der Waals surface area contributed by atoms with Crippen molar-refractivity contribution >= 4 is 5.78 Å². The third-order valence-corrected chi connectivity index (χ3v) is 2.92. The molecule has 0 aliphatic rings. The van der Waals surface area contributed by atoms with Crippen molar-refractivity contribution < 1.29 is 4.79 Å². The Bertz CT molecular complexity index is 606. The molecule has 0 saturated carbocycles. The lowest BCUT2D eigenvalue weighted by Crippen LogP contribution is -2.04. The maximum absolute atomic E-state index is 12.3. The molecule has 0 spiro atoms. The average molecular weight is 235 g/mol. The van der Waals surface area contributed by atoms with Crippen LogP contribution in [0.5, 0.6) is 0 Å². The summed E-state index contributed by atoms with van der Waals surface area (Å²) in [5.74, 6) is 0.0111. The summed E-state index contributed by atoms with van der Waals surface area (Å²) in [5.41, 5.74) is 2.97. The molecule has 0 saturated heterocycles. The van der Waals surface area contributed by atoms with E-state index in [2.05, 4.69) is 0 Å². The standard InChI is InChI=1S/C16H13NO/c1-2-13-5-3-4-6-15(13)16(18)14-9-7-12(11-17)8-10-14/h3-10H,2H2,1H3. The highest BCUT2D eigenvalue weighted by molar-refractivity contribution is 6.09. The lowest BCUT2D eigenvalue weighted by molar-refractivity contribution is 0.103. The summed E-state index contributed by atoms with van der Waals surface area (Å²) in [4.78, 5) is 12.3. The highest BCUT2D eigenvalue weighted by Gasteiger charge is 2.11. The maximum Gasteiger partial charge on any atom is 0.193 e. The number of nitrogens with zero attached hydrogens (tertiary/aromatic N) is 1. The third kappa shape index (κ3) is 2.31. The van der Waals surface area contributed by atoms with E-state index < -0.39 is 0 Å². The Kier molecular flexibility index (Phi) is 3.54. The van der Waals surface area contributed by atoms with Gasteiger partial charge in [0.25, 0.3) is 0 Å². The third-order valence-electron chi connectivity index (χ3n) is 2.92. The van der Waals surface area contributed by atoms with Crippen molar-refractivity contribution in [3.63, 3.8) is 0 Å². The van der Waals surface area contributed by atoms with Crippen molar-refractivity contribution in [1.29, 1.82) is 5.26 Å². The number of hydrogen-bond donors (Lipinski definition) is 0. The quantitative estimate of drug-likeness (QED) is 0.765. The molecule has 0 heterocycles. The first-order chi connectivity index (χ1) is 8.76. The Morgan fingerprint density at radius 1 is 1.11 bits per heavy atom. The van der Waals surface area contributed by atoms with E-state index in [4.69, 9.17) is 5.26 Å². The first-order valence-corrected chi connectivity index (χ1v) is 5.89. The number of nitriles is 1. The minimum absolute atomic E-state index is 0.0111. The second-order valence-corrected chi connectivity index (χ2v) is 4.03. The van der Waals surface area contributed by atoms with Crippen LogP contribution < -0.4 is 0 Å². The zero-order valence-corrected chi connectivity index (χ0v) is 10.2. The van der Waals surface area contributed by atoms with Gasteiger partial charge in [-0.05, 0) is 36.2 Å². The van der Waals surface area contributed by atoms with E-state index in [1.165, 1.54) is 0 Å². The van der Waals surface area contributed by atoms with Crippen LogP contribution in [0.1, 0.15) is 34.0 Å². The molecule has 0 aromatic heterocycles. The molecular formula is C16H13NO. The second-order valence-electron chi connectivity index (χ2n) is 4.03. The Morgan fingerprint density at radius 3 is 2.39 bits per heavy atom. The van der Waals surface area contributed by atoms with Crippen molar-refractivity contribution in [2.75, 3.05) is 0 Å². The summed E-state index contributed by atoms with van der Waals surface area (Å²) in [7, 11) is 0. The van der Waals surface area contributed by atoms with Gasteiger partial charge in [-0.15, -0.1) is 0 Å². The smallest absolute Gasteiger partial charge is 0.193 e. The molecule has 0 bridgehead atoms. The summed E-state index contributed by atoms with van der Waals surface area (Å²) < 4.78 is 0. The van der Waals surface area contributed by atoms with Crippen molar-refractivity contribution in [1.82, 2.24) is 0 Å². The first-order valence-electron chi connectivity index (χ1n) is 5.89. The molecule has 0 unspecified atom stereocenters. The van der Waals surface area contributed by atoms with Gasteiger partial charge in [0.1, 0.15) is 0 Å². The largest absolute Gasteiger partial charge is 0.289 e. The van der Waals surface area contributed by atoms with Gasteiger partial charge < -0.3 is 0 Å². The van der Waals surface area contributed by atoms with Crippen LogP contribution in [0.25, 0.3) is 0 Å². The van der Waals surface area contributed by atoms with Crippen LogP contribution in [0.3, 0.4) is 0 Å². The molecule has 0 atom stereocenters. The Hall–Kier alpha value is -2.40. The van der Waals surface area contributed by atoms with Crippen molar-refractivity contribution in [3.05, 3.63) is 70.8 Å². The molecule has 0 fully saturated rings. The van der Waals surface area contributed by atoms with Gasteiger partial charge in [-0.25, -0.2) is 0 Å². The van der Waals surface area contributed by atoms with Gasteiger partial charge in [0.2, 0.25) is 0 Å². The van der Waals surface area contributed by atoms with Gasteiger partial charge >= 0.3 is 0 Å². The molecule has 0 aliphatic carbocycles. The SMILES string of the molecule is CCc1ccccc1C(=O)c1ccc(C#N)cc1. The highest BCUT2D eigenvalue weighted by Crippen LogP contribution is 2.15. The van der Waals surface area contributed by atoms with Crippen LogP contribution in [-0.2, 0) is 6.42 Å². The van der Waals surface area contributed by atoms with Crippen molar-refractivity contribution in [2.45, 2.75) is 13.3 Å². The van der Waals surface area contributed by atoms with E-state index >= 15 is 0 Å². The number of aryl methyl sites for hydroxylation is 1. The molecule has 0 radical (unpaired) electrons. The van der Waals surface area contributed by atoms with Crippen LogP contribution in [-0.4, -0.2) is 5.78 Å². The summed E-state index contributed by atoms with van der Waals surface area (Å²) in [6, 6.07) is 16.4. The number of carbonyl (C=O) groups is 1. The average Bonchev–Trinajstić information content (AvgIpc) is 2.46. The van der Waals surface area contributed by atoms with Crippen LogP contribution >= 0.6 is 0 Å². The zero-order valence-electron chi connectivity index (χ0n) is 10.2. The fourth-order valence-corrected chi connectivity index (χ4v) is 1.90. The van der Waals surface area contributed by atoms with Crippen molar-refractivity contribution in [3.8, 4) is 6.07 Å². The summed E-state index contributed by atoms with van der Waals surface area (Å²) in [6.45, 7) is 2.03. The van der Waals surface area contributed by atoms with E-state index in [9.17, 15) is 4.79 Å². The highest BCUT2D eigenvalue weighted by atomic mass is 16.1. The van der Waals surface area contributed by atoms with Gasteiger partial charge in [-0.2, -0.15) is 5.26 Å². The maximum atomic E-state index is 12.3. The Balaban J connectivity index is 2.39. The van der Waals surface area contributed by atoms with E-state index in [0.29, 0.717) is 11.1 Å². The molecule has 0 N–H and O–H groups in total. The van der Waals surface area contributed by atoms with Crippen LogP contribution in [0.4, 0.5) is 0 Å².